The van der Waals surface area contributed by atoms with Crippen LogP contribution in [0.3, 0.4) is 0 Å². The molecular formula is C13H21NO4. The molecule has 0 bridgehead atoms. The minimum absolute atomic E-state index is 0.183. The number of nitrogens with zero attached hydrogens (tertiary/aromatic N) is 1. The summed E-state index contributed by atoms with van der Waals surface area (Å²) < 4.78 is 5.30. The molecule has 1 saturated carbocycles. The van der Waals surface area contributed by atoms with Crippen LogP contribution in [-0.4, -0.2) is 40.3 Å². The van der Waals surface area contributed by atoms with E-state index in [9.17, 15) is 14.7 Å². The first-order valence-electron chi connectivity index (χ1n) is 6.45. The third-order valence-electron chi connectivity index (χ3n) is 3.70. The van der Waals surface area contributed by atoms with Crippen molar-refractivity contribution in [3.05, 3.63) is 0 Å². The van der Waals surface area contributed by atoms with Gasteiger partial charge in [0.05, 0.1) is 0 Å². The predicted octanol–water partition coefficient (Wildman–Crippen LogP) is 2.25. The van der Waals surface area contributed by atoms with Gasteiger partial charge in [0.25, 0.3) is 0 Å². The van der Waals surface area contributed by atoms with E-state index < -0.39 is 23.7 Å². The first-order valence-corrected chi connectivity index (χ1v) is 6.45. The van der Waals surface area contributed by atoms with Crippen molar-refractivity contribution in [3.8, 4) is 0 Å². The van der Waals surface area contributed by atoms with Crippen LogP contribution in [0.15, 0.2) is 0 Å². The van der Waals surface area contributed by atoms with E-state index in [0.717, 1.165) is 19.3 Å². The average molecular weight is 255 g/mol. The van der Waals surface area contributed by atoms with E-state index in [1.165, 1.54) is 4.90 Å². The largest absolute Gasteiger partial charge is 0.480 e. The summed E-state index contributed by atoms with van der Waals surface area (Å²) in [5, 5.41) is 9.20. The Kier molecular flexibility index (Phi) is 3.03. The molecule has 0 aromatic heterocycles. The highest BCUT2D eigenvalue weighted by molar-refractivity contribution is 5.80. The van der Waals surface area contributed by atoms with Crippen LogP contribution < -0.4 is 0 Å². The molecule has 1 atom stereocenters. The van der Waals surface area contributed by atoms with Gasteiger partial charge in [-0.25, -0.2) is 9.59 Å². The number of aliphatic carboxylic acids is 1. The maximum absolute atomic E-state index is 12.1. The number of amides is 1. The van der Waals surface area contributed by atoms with Crippen LogP contribution in [0.4, 0.5) is 4.79 Å². The molecule has 0 aromatic carbocycles. The lowest BCUT2D eigenvalue weighted by Crippen LogP contribution is -2.52. The van der Waals surface area contributed by atoms with Gasteiger partial charge in [0.15, 0.2) is 0 Å². The van der Waals surface area contributed by atoms with E-state index in [-0.39, 0.29) is 5.41 Å². The summed E-state index contributed by atoms with van der Waals surface area (Å²) in [4.78, 5) is 24.7. The van der Waals surface area contributed by atoms with Crippen molar-refractivity contribution in [3.63, 3.8) is 0 Å². The van der Waals surface area contributed by atoms with Crippen LogP contribution in [0.5, 0.6) is 0 Å². The Morgan fingerprint density at radius 3 is 2.33 bits per heavy atom. The standard InChI is InChI=1S/C13H21NO4/c1-12(2,3)18-11(17)14-8-13(6-7-13)5-4-9(14)10(15)16/h9H,4-8H2,1-3H3,(H,15,16). The number of ether oxygens (including phenoxy) is 1. The molecule has 1 unspecified atom stereocenters. The van der Waals surface area contributed by atoms with Crippen LogP contribution in [0.25, 0.3) is 0 Å². The summed E-state index contributed by atoms with van der Waals surface area (Å²) >= 11 is 0. The summed E-state index contributed by atoms with van der Waals surface area (Å²) in [6, 6.07) is -0.730. The number of carbonyl (C=O) groups is 2. The second-order valence-corrected chi connectivity index (χ2v) is 6.50. The van der Waals surface area contributed by atoms with Crippen LogP contribution in [0, 0.1) is 5.41 Å². The molecule has 2 aliphatic rings. The van der Waals surface area contributed by atoms with E-state index in [2.05, 4.69) is 0 Å². The van der Waals surface area contributed by atoms with Crippen LogP contribution in [0.1, 0.15) is 46.5 Å². The van der Waals surface area contributed by atoms with Crippen molar-refractivity contribution in [1.29, 1.82) is 0 Å². The Bertz CT molecular complexity index is 368. The highest BCUT2D eigenvalue weighted by atomic mass is 16.6. The molecule has 2 fully saturated rings. The fourth-order valence-corrected chi connectivity index (χ4v) is 2.50. The molecule has 18 heavy (non-hydrogen) atoms. The fourth-order valence-electron chi connectivity index (χ4n) is 2.50. The fraction of sp³-hybridized carbons (Fsp3) is 0.846. The maximum Gasteiger partial charge on any atom is 0.411 e. The van der Waals surface area contributed by atoms with Gasteiger partial charge in [-0.15, -0.1) is 0 Å². The first-order chi connectivity index (χ1) is 8.22. The van der Waals surface area contributed by atoms with Crippen molar-refractivity contribution >= 4 is 12.1 Å². The van der Waals surface area contributed by atoms with E-state index in [0.29, 0.717) is 13.0 Å². The second-order valence-electron chi connectivity index (χ2n) is 6.50. The first kappa shape index (κ1) is 13.2. The van der Waals surface area contributed by atoms with Gasteiger partial charge in [0.2, 0.25) is 0 Å². The molecule has 5 nitrogen and oxygen atoms in total. The van der Waals surface area contributed by atoms with E-state index in [1.807, 2.05) is 0 Å². The number of carboxylic acids is 1. The third kappa shape index (κ3) is 2.76. The van der Waals surface area contributed by atoms with Gasteiger partial charge in [-0.05, 0) is 51.9 Å². The van der Waals surface area contributed by atoms with E-state index in [1.54, 1.807) is 20.8 Å². The van der Waals surface area contributed by atoms with Crippen molar-refractivity contribution < 1.29 is 19.4 Å². The molecule has 5 heteroatoms. The quantitative estimate of drug-likeness (QED) is 0.780. The molecule has 0 radical (unpaired) electrons. The molecule has 1 N–H and O–H groups in total. The van der Waals surface area contributed by atoms with Gasteiger partial charge >= 0.3 is 12.1 Å². The Labute approximate surface area is 107 Å². The van der Waals surface area contributed by atoms with Crippen molar-refractivity contribution in [2.24, 2.45) is 5.41 Å². The van der Waals surface area contributed by atoms with Crippen LogP contribution in [0.2, 0.25) is 0 Å². The lowest BCUT2D eigenvalue weighted by molar-refractivity contribution is -0.145. The zero-order valence-electron chi connectivity index (χ0n) is 11.2. The minimum Gasteiger partial charge on any atom is -0.480 e. The van der Waals surface area contributed by atoms with Crippen molar-refractivity contribution in [1.82, 2.24) is 4.90 Å². The zero-order valence-corrected chi connectivity index (χ0v) is 11.2. The molecule has 1 amide bonds. The topological polar surface area (TPSA) is 66.8 Å². The Morgan fingerprint density at radius 2 is 1.89 bits per heavy atom. The number of carbonyl (C=O) groups excluding carboxylic acids is 1. The van der Waals surface area contributed by atoms with Crippen LogP contribution in [-0.2, 0) is 9.53 Å². The van der Waals surface area contributed by atoms with Gasteiger partial charge in [-0.1, -0.05) is 0 Å². The van der Waals surface area contributed by atoms with Gasteiger partial charge in [0.1, 0.15) is 11.6 Å². The summed E-state index contributed by atoms with van der Waals surface area (Å²) in [5.41, 5.74) is -0.406. The second kappa shape index (κ2) is 4.14. The lowest BCUT2D eigenvalue weighted by Gasteiger charge is -2.38. The average Bonchev–Trinajstić information content (AvgIpc) is 2.94. The number of rotatable bonds is 1. The normalized spacial score (nSPS) is 25.9. The Balaban J connectivity index is 2.09. The monoisotopic (exact) mass is 255 g/mol. The molecule has 1 spiro atoms. The number of piperidine rings is 1. The Morgan fingerprint density at radius 1 is 1.28 bits per heavy atom. The summed E-state index contributed by atoms with van der Waals surface area (Å²) in [6.07, 6.45) is 3.13. The summed E-state index contributed by atoms with van der Waals surface area (Å²) in [5.74, 6) is -0.934. The summed E-state index contributed by atoms with van der Waals surface area (Å²) in [7, 11) is 0. The van der Waals surface area contributed by atoms with Crippen molar-refractivity contribution in [2.45, 2.75) is 58.1 Å². The highest BCUT2D eigenvalue weighted by Gasteiger charge is 2.51. The van der Waals surface area contributed by atoms with Gasteiger partial charge in [0, 0.05) is 6.54 Å². The minimum atomic E-state index is -0.934. The maximum atomic E-state index is 12.1. The number of carboxylic acid groups (broad SMARTS) is 1. The van der Waals surface area contributed by atoms with Crippen LogP contribution >= 0.6 is 0 Å². The highest BCUT2D eigenvalue weighted by Crippen LogP contribution is 2.53. The Hall–Kier alpha value is -1.26. The van der Waals surface area contributed by atoms with Gasteiger partial charge < -0.3 is 9.84 Å². The lowest BCUT2D eigenvalue weighted by atomic mass is 9.90. The summed E-state index contributed by atoms with van der Waals surface area (Å²) in [6.45, 7) is 5.89. The SMILES string of the molecule is CC(C)(C)OC(=O)N1CC2(CCC1C(=O)O)CC2. The third-order valence-corrected chi connectivity index (χ3v) is 3.70. The molecule has 102 valence electrons. The smallest absolute Gasteiger partial charge is 0.411 e. The van der Waals surface area contributed by atoms with Gasteiger partial charge in [-0.2, -0.15) is 0 Å². The molecule has 2 rings (SSSR count). The van der Waals surface area contributed by atoms with E-state index >= 15 is 0 Å². The number of hydrogen-bond donors (Lipinski definition) is 1. The molecule has 1 saturated heterocycles. The van der Waals surface area contributed by atoms with Gasteiger partial charge in [-0.3, -0.25) is 4.90 Å². The zero-order chi connectivity index (χ0) is 13.6. The number of hydrogen-bond acceptors (Lipinski definition) is 3. The molecular weight excluding hydrogens is 234 g/mol. The van der Waals surface area contributed by atoms with Crippen molar-refractivity contribution in [2.75, 3.05) is 6.54 Å². The molecule has 1 aliphatic heterocycles. The van der Waals surface area contributed by atoms with E-state index in [4.69, 9.17) is 4.74 Å². The number of likely N-dealkylation sites (tertiary alicyclic amines) is 1. The molecule has 0 aromatic rings. The molecule has 1 heterocycles. The molecule has 1 aliphatic carbocycles. The predicted molar refractivity (Wildman–Crippen MR) is 65.3 cm³/mol.